The van der Waals surface area contributed by atoms with Crippen molar-refractivity contribution in [1.82, 2.24) is 5.32 Å². The summed E-state index contributed by atoms with van der Waals surface area (Å²) in [4.78, 5) is 2.20. The first-order valence-corrected chi connectivity index (χ1v) is 8.00. The van der Waals surface area contributed by atoms with E-state index >= 15 is 0 Å². The zero-order valence-electron chi connectivity index (χ0n) is 12.8. The van der Waals surface area contributed by atoms with Gasteiger partial charge in [0.15, 0.2) is 0 Å². The Morgan fingerprint density at radius 1 is 1.20 bits per heavy atom. The lowest BCUT2D eigenvalue weighted by molar-refractivity contribution is 0.561. The van der Waals surface area contributed by atoms with E-state index in [0.717, 1.165) is 37.3 Å². The summed E-state index contributed by atoms with van der Waals surface area (Å²) >= 11 is 0. The number of hydrogen-bond donors (Lipinski definition) is 1. The SMILES string of the molecule is CCCNC(C)c1ccc(N2CCCCCC2)c(F)c1. The minimum Gasteiger partial charge on any atom is -0.369 e. The molecule has 2 rings (SSSR count). The Bertz CT molecular complexity index is 411. The van der Waals surface area contributed by atoms with Crippen LogP contribution in [0.1, 0.15) is 57.6 Å². The molecule has 1 saturated heterocycles. The molecule has 1 unspecified atom stereocenters. The molecule has 1 atom stereocenters. The van der Waals surface area contributed by atoms with Crippen LogP contribution in [0, 0.1) is 5.82 Å². The Hall–Kier alpha value is -1.09. The lowest BCUT2D eigenvalue weighted by atomic mass is 10.1. The summed E-state index contributed by atoms with van der Waals surface area (Å²) < 4.78 is 14.4. The number of nitrogens with zero attached hydrogens (tertiary/aromatic N) is 1. The smallest absolute Gasteiger partial charge is 0.146 e. The van der Waals surface area contributed by atoms with E-state index in [-0.39, 0.29) is 11.9 Å². The molecule has 112 valence electrons. The van der Waals surface area contributed by atoms with Crippen molar-refractivity contribution in [2.45, 2.75) is 52.0 Å². The Morgan fingerprint density at radius 3 is 2.50 bits per heavy atom. The molecule has 0 saturated carbocycles. The predicted octanol–water partition coefficient (Wildman–Crippen LogP) is 4.27. The maximum Gasteiger partial charge on any atom is 0.146 e. The Balaban J connectivity index is 2.08. The first-order chi connectivity index (χ1) is 9.72. The highest BCUT2D eigenvalue weighted by Crippen LogP contribution is 2.25. The van der Waals surface area contributed by atoms with Crippen molar-refractivity contribution in [3.8, 4) is 0 Å². The Kier molecular flexibility index (Phi) is 5.84. The van der Waals surface area contributed by atoms with Gasteiger partial charge in [0, 0.05) is 19.1 Å². The van der Waals surface area contributed by atoms with Crippen LogP contribution in [0.15, 0.2) is 18.2 Å². The maximum atomic E-state index is 14.4. The van der Waals surface area contributed by atoms with Gasteiger partial charge in [0.25, 0.3) is 0 Å². The first-order valence-electron chi connectivity index (χ1n) is 8.00. The second kappa shape index (κ2) is 7.63. The molecule has 1 N–H and O–H groups in total. The molecule has 1 heterocycles. The third kappa shape index (κ3) is 3.95. The van der Waals surface area contributed by atoms with Crippen LogP contribution < -0.4 is 10.2 Å². The van der Waals surface area contributed by atoms with E-state index in [1.54, 1.807) is 6.07 Å². The van der Waals surface area contributed by atoms with Gasteiger partial charge in [-0.05, 0) is 50.4 Å². The maximum absolute atomic E-state index is 14.4. The fourth-order valence-corrected chi connectivity index (χ4v) is 2.84. The van der Waals surface area contributed by atoms with Gasteiger partial charge >= 0.3 is 0 Å². The molecule has 1 aliphatic rings. The molecule has 1 fully saturated rings. The molecule has 2 nitrogen and oxygen atoms in total. The summed E-state index contributed by atoms with van der Waals surface area (Å²) in [5.74, 6) is -0.0745. The number of rotatable bonds is 5. The second-order valence-corrected chi connectivity index (χ2v) is 5.79. The number of nitrogens with one attached hydrogen (secondary N) is 1. The largest absolute Gasteiger partial charge is 0.369 e. The molecule has 1 aromatic carbocycles. The topological polar surface area (TPSA) is 15.3 Å². The molecular formula is C17H27FN2. The van der Waals surface area contributed by atoms with Gasteiger partial charge in [0.05, 0.1) is 5.69 Å². The van der Waals surface area contributed by atoms with E-state index in [1.807, 2.05) is 6.07 Å². The van der Waals surface area contributed by atoms with Gasteiger partial charge in [-0.2, -0.15) is 0 Å². The van der Waals surface area contributed by atoms with Crippen LogP contribution in [0.3, 0.4) is 0 Å². The quantitative estimate of drug-likeness (QED) is 0.865. The fraction of sp³-hybridized carbons (Fsp3) is 0.647. The molecule has 0 aliphatic carbocycles. The van der Waals surface area contributed by atoms with Crippen LogP contribution in [0.2, 0.25) is 0 Å². The van der Waals surface area contributed by atoms with Crippen molar-refractivity contribution < 1.29 is 4.39 Å². The number of benzene rings is 1. The van der Waals surface area contributed by atoms with E-state index in [9.17, 15) is 4.39 Å². The van der Waals surface area contributed by atoms with Crippen molar-refractivity contribution in [3.05, 3.63) is 29.6 Å². The van der Waals surface area contributed by atoms with Crippen LogP contribution in [-0.2, 0) is 0 Å². The van der Waals surface area contributed by atoms with Crippen LogP contribution in [0.25, 0.3) is 0 Å². The number of hydrogen-bond acceptors (Lipinski definition) is 2. The highest BCUT2D eigenvalue weighted by molar-refractivity contribution is 5.49. The van der Waals surface area contributed by atoms with Crippen LogP contribution >= 0.6 is 0 Å². The average molecular weight is 278 g/mol. The highest BCUT2D eigenvalue weighted by Gasteiger charge is 2.15. The zero-order valence-corrected chi connectivity index (χ0v) is 12.8. The minimum absolute atomic E-state index is 0.0745. The Morgan fingerprint density at radius 2 is 1.90 bits per heavy atom. The number of halogens is 1. The average Bonchev–Trinajstić information content (AvgIpc) is 2.73. The third-order valence-electron chi connectivity index (χ3n) is 4.12. The van der Waals surface area contributed by atoms with Crippen LogP contribution in [0.4, 0.5) is 10.1 Å². The normalized spacial score (nSPS) is 17.9. The van der Waals surface area contributed by atoms with Crippen molar-refractivity contribution >= 4 is 5.69 Å². The molecule has 1 aliphatic heterocycles. The summed E-state index contributed by atoms with van der Waals surface area (Å²) in [5.41, 5.74) is 1.81. The molecule has 0 radical (unpaired) electrons. The van der Waals surface area contributed by atoms with Gasteiger partial charge in [-0.15, -0.1) is 0 Å². The minimum atomic E-state index is -0.0745. The van der Waals surface area contributed by atoms with E-state index in [2.05, 4.69) is 30.1 Å². The van der Waals surface area contributed by atoms with E-state index in [0.29, 0.717) is 0 Å². The molecule has 0 spiro atoms. The molecule has 3 heteroatoms. The first kappa shape index (κ1) is 15.3. The standard InChI is InChI=1S/C17H27FN2/c1-3-10-19-14(2)15-8-9-17(16(18)13-15)20-11-6-4-5-7-12-20/h8-9,13-14,19H,3-7,10-12H2,1-2H3. The van der Waals surface area contributed by atoms with Gasteiger partial charge in [-0.1, -0.05) is 25.8 Å². The van der Waals surface area contributed by atoms with Crippen molar-refractivity contribution in [2.24, 2.45) is 0 Å². The molecular weight excluding hydrogens is 251 g/mol. The van der Waals surface area contributed by atoms with E-state index in [1.165, 1.54) is 25.7 Å². The Labute approximate surface area is 122 Å². The van der Waals surface area contributed by atoms with Gasteiger partial charge in [-0.3, -0.25) is 0 Å². The zero-order chi connectivity index (χ0) is 14.4. The van der Waals surface area contributed by atoms with Gasteiger partial charge in [-0.25, -0.2) is 4.39 Å². The van der Waals surface area contributed by atoms with Crippen LogP contribution in [-0.4, -0.2) is 19.6 Å². The van der Waals surface area contributed by atoms with Crippen LogP contribution in [0.5, 0.6) is 0 Å². The fourth-order valence-electron chi connectivity index (χ4n) is 2.84. The second-order valence-electron chi connectivity index (χ2n) is 5.79. The summed E-state index contributed by atoms with van der Waals surface area (Å²) in [6, 6.07) is 5.94. The van der Waals surface area contributed by atoms with Crippen molar-refractivity contribution in [1.29, 1.82) is 0 Å². The van der Waals surface area contributed by atoms with Crippen molar-refractivity contribution in [3.63, 3.8) is 0 Å². The van der Waals surface area contributed by atoms with E-state index < -0.39 is 0 Å². The number of anilines is 1. The third-order valence-corrected chi connectivity index (χ3v) is 4.12. The summed E-state index contributed by atoms with van der Waals surface area (Å²) in [6.45, 7) is 7.18. The molecule has 0 aromatic heterocycles. The van der Waals surface area contributed by atoms with E-state index in [4.69, 9.17) is 0 Å². The summed E-state index contributed by atoms with van der Waals surface area (Å²) in [7, 11) is 0. The summed E-state index contributed by atoms with van der Waals surface area (Å²) in [5, 5.41) is 3.40. The van der Waals surface area contributed by atoms with Gasteiger partial charge < -0.3 is 10.2 Å². The lowest BCUT2D eigenvalue weighted by Gasteiger charge is -2.24. The molecule has 0 bridgehead atoms. The predicted molar refractivity (Wildman–Crippen MR) is 83.8 cm³/mol. The summed E-state index contributed by atoms with van der Waals surface area (Å²) in [6.07, 6.45) is 5.99. The highest BCUT2D eigenvalue weighted by atomic mass is 19.1. The van der Waals surface area contributed by atoms with Gasteiger partial charge in [0.2, 0.25) is 0 Å². The monoisotopic (exact) mass is 278 g/mol. The van der Waals surface area contributed by atoms with Gasteiger partial charge in [0.1, 0.15) is 5.82 Å². The molecule has 1 aromatic rings. The van der Waals surface area contributed by atoms with Crippen molar-refractivity contribution in [2.75, 3.05) is 24.5 Å². The molecule has 0 amide bonds. The molecule has 20 heavy (non-hydrogen) atoms. The lowest BCUT2D eigenvalue weighted by Crippen LogP contribution is -2.25.